The lowest BCUT2D eigenvalue weighted by Gasteiger charge is -2.31. The second kappa shape index (κ2) is 9.19. The molecular weight excluding hydrogens is 456 g/mol. The summed E-state index contributed by atoms with van der Waals surface area (Å²) in [6.07, 6.45) is 3.53. The number of thiazole rings is 1. The van der Waals surface area contributed by atoms with Crippen molar-refractivity contribution in [1.82, 2.24) is 15.3 Å². The fourth-order valence-electron chi connectivity index (χ4n) is 4.29. The van der Waals surface area contributed by atoms with Gasteiger partial charge in [0.05, 0.1) is 18.8 Å². The highest BCUT2D eigenvalue weighted by Crippen LogP contribution is 2.34. The molecule has 172 valence electrons. The van der Waals surface area contributed by atoms with E-state index in [1.807, 2.05) is 53.9 Å². The molecule has 1 amide bonds. The number of aromatic nitrogens is 2. The molecule has 0 radical (unpaired) electrons. The van der Waals surface area contributed by atoms with Crippen LogP contribution in [0.2, 0.25) is 0 Å². The van der Waals surface area contributed by atoms with E-state index < -0.39 is 0 Å². The molecule has 3 aromatic carbocycles. The molecule has 0 saturated carbocycles. The molecule has 6 nitrogen and oxygen atoms in total. The maximum atomic E-state index is 12.9. The van der Waals surface area contributed by atoms with Gasteiger partial charge in [0.1, 0.15) is 10.8 Å². The minimum Gasteiger partial charge on any atom is -0.473 e. The third-order valence-corrected chi connectivity index (χ3v) is 7.03. The molecule has 6 rings (SSSR count). The number of amides is 1. The summed E-state index contributed by atoms with van der Waals surface area (Å²) >= 11 is 1.54. The zero-order valence-corrected chi connectivity index (χ0v) is 19.7. The van der Waals surface area contributed by atoms with Crippen LogP contribution in [-0.2, 0) is 13.1 Å². The minimum absolute atomic E-state index is 0.133. The van der Waals surface area contributed by atoms with Crippen LogP contribution in [0.15, 0.2) is 90.6 Å². The van der Waals surface area contributed by atoms with Crippen LogP contribution in [0.4, 0.5) is 5.69 Å². The second-order valence-electron chi connectivity index (χ2n) is 8.35. The van der Waals surface area contributed by atoms with E-state index in [0.29, 0.717) is 18.8 Å². The highest BCUT2D eigenvalue weighted by atomic mass is 32.1. The average Bonchev–Trinajstić information content (AvgIpc) is 3.41. The molecule has 0 spiro atoms. The van der Waals surface area contributed by atoms with Crippen LogP contribution in [-0.4, -0.2) is 22.6 Å². The first-order valence-corrected chi connectivity index (χ1v) is 12.2. The Balaban J connectivity index is 1.16. The van der Waals surface area contributed by atoms with Crippen molar-refractivity contribution >= 4 is 33.7 Å². The number of carbonyl (C=O) groups excluding carboxylic acids is 1. The molecule has 0 fully saturated rings. The topological polar surface area (TPSA) is 67.4 Å². The van der Waals surface area contributed by atoms with Crippen molar-refractivity contribution in [1.29, 1.82) is 0 Å². The molecule has 0 aliphatic carbocycles. The van der Waals surface area contributed by atoms with Gasteiger partial charge in [-0.1, -0.05) is 36.4 Å². The van der Waals surface area contributed by atoms with E-state index in [-0.39, 0.29) is 5.91 Å². The Hall–Kier alpha value is -4.23. The van der Waals surface area contributed by atoms with E-state index in [1.165, 1.54) is 10.8 Å². The Labute approximate surface area is 206 Å². The number of nitrogens with zero attached hydrogens (tertiary/aromatic N) is 3. The number of hydrogen-bond donors (Lipinski definition) is 1. The zero-order valence-electron chi connectivity index (χ0n) is 18.8. The van der Waals surface area contributed by atoms with Gasteiger partial charge in [0.2, 0.25) is 0 Å². The van der Waals surface area contributed by atoms with Gasteiger partial charge in [-0.25, -0.2) is 4.98 Å². The van der Waals surface area contributed by atoms with Gasteiger partial charge in [-0.05, 0) is 47.2 Å². The number of anilines is 1. The molecule has 2 aromatic heterocycles. The molecule has 7 heteroatoms. The number of benzene rings is 3. The van der Waals surface area contributed by atoms with E-state index in [4.69, 9.17) is 4.74 Å². The minimum atomic E-state index is -0.133. The maximum absolute atomic E-state index is 12.9. The number of rotatable bonds is 5. The van der Waals surface area contributed by atoms with Gasteiger partial charge in [-0.15, -0.1) is 11.3 Å². The quantitative estimate of drug-likeness (QED) is 0.354. The summed E-state index contributed by atoms with van der Waals surface area (Å²) in [5.41, 5.74) is 4.52. The molecule has 1 N–H and O–H groups in total. The molecule has 5 aromatic rings. The molecule has 3 heterocycles. The fourth-order valence-corrected chi connectivity index (χ4v) is 5.10. The molecular formula is C28H22N4O2S. The van der Waals surface area contributed by atoms with Crippen molar-refractivity contribution in [3.63, 3.8) is 0 Å². The first kappa shape index (κ1) is 21.3. The van der Waals surface area contributed by atoms with E-state index in [0.717, 1.165) is 39.8 Å². The van der Waals surface area contributed by atoms with Gasteiger partial charge < -0.3 is 15.0 Å². The van der Waals surface area contributed by atoms with E-state index in [2.05, 4.69) is 44.5 Å². The predicted molar refractivity (Wildman–Crippen MR) is 139 cm³/mol. The van der Waals surface area contributed by atoms with Crippen molar-refractivity contribution in [2.75, 3.05) is 11.6 Å². The van der Waals surface area contributed by atoms with Crippen LogP contribution in [0.25, 0.3) is 21.3 Å². The number of ether oxygens (including phenoxy) is 1. The number of hydrogen-bond acceptors (Lipinski definition) is 6. The highest BCUT2D eigenvalue weighted by molar-refractivity contribution is 7.13. The first-order valence-electron chi connectivity index (χ1n) is 11.4. The summed E-state index contributed by atoms with van der Waals surface area (Å²) < 4.78 is 6.06. The summed E-state index contributed by atoms with van der Waals surface area (Å²) in [6, 6.07) is 24.0. The molecule has 0 saturated heterocycles. The van der Waals surface area contributed by atoms with Gasteiger partial charge in [0.25, 0.3) is 5.91 Å². The van der Waals surface area contributed by atoms with Gasteiger partial charge in [0.15, 0.2) is 6.73 Å². The van der Waals surface area contributed by atoms with Gasteiger partial charge >= 0.3 is 0 Å². The lowest BCUT2D eigenvalue weighted by atomic mass is 10.0. The third kappa shape index (κ3) is 4.34. The monoisotopic (exact) mass is 478 g/mol. The SMILES string of the molecule is O=C(NCc1csc(-c2cccnc2)n1)c1cccc(N2COc3ccc4ccccc4c3C2)c1. The molecule has 1 aliphatic heterocycles. The predicted octanol–water partition coefficient (Wildman–Crippen LogP) is 5.64. The van der Waals surface area contributed by atoms with Crippen LogP contribution in [0, 0.1) is 0 Å². The van der Waals surface area contributed by atoms with Gasteiger partial charge in [-0.3, -0.25) is 9.78 Å². The normalized spacial score (nSPS) is 12.7. The van der Waals surface area contributed by atoms with Crippen molar-refractivity contribution in [2.45, 2.75) is 13.1 Å². The molecule has 0 atom stereocenters. The summed E-state index contributed by atoms with van der Waals surface area (Å²) in [5, 5.41) is 8.23. The Kier molecular flexibility index (Phi) is 5.60. The highest BCUT2D eigenvalue weighted by Gasteiger charge is 2.20. The van der Waals surface area contributed by atoms with Gasteiger partial charge in [0, 0.05) is 40.2 Å². The number of carbonyl (C=O) groups is 1. The maximum Gasteiger partial charge on any atom is 0.251 e. The van der Waals surface area contributed by atoms with E-state index in [1.54, 1.807) is 23.7 Å². The van der Waals surface area contributed by atoms with Crippen LogP contribution in [0.1, 0.15) is 21.6 Å². The largest absolute Gasteiger partial charge is 0.473 e. The van der Waals surface area contributed by atoms with Crippen LogP contribution < -0.4 is 15.0 Å². The fraction of sp³-hybridized carbons (Fsp3) is 0.107. The summed E-state index contributed by atoms with van der Waals surface area (Å²) in [4.78, 5) is 23.8. The Morgan fingerprint density at radius 1 is 1.06 bits per heavy atom. The Morgan fingerprint density at radius 3 is 2.91 bits per heavy atom. The average molecular weight is 479 g/mol. The van der Waals surface area contributed by atoms with Crippen LogP contribution >= 0.6 is 11.3 Å². The molecule has 0 unspecified atom stereocenters. The second-order valence-corrected chi connectivity index (χ2v) is 9.21. The van der Waals surface area contributed by atoms with Crippen molar-refractivity contribution < 1.29 is 9.53 Å². The van der Waals surface area contributed by atoms with Crippen molar-refractivity contribution in [3.8, 4) is 16.3 Å². The number of nitrogens with one attached hydrogen (secondary N) is 1. The van der Waals surface area contributed by atoms with E-state index >= 15 is 0 Å². The lowest BCUT2D eigenvalue weighted by Crippen LogP contribution is -2.32. The Morgan fingerprint density at radius 2 is 2.00 bits per heavy atom. The van der Waals surface area contributed by atoms with Crippen LogP contribution in [0.5, 0.6) is 5.75 Å². The lowest BCUT2D eigenvalue weighted by molar-refractivity contribution is 0.0950. The number of pyridine rings is 1. The molecule has 0 bridgehead atoms. The van der Waals surface area contributed by atoms with Gasteiger partial charge in [-0.2, -0.15) is 0 Å². The zero-order chi connectivity index (χ0) is 23.6. The van der Waals surface area contributed by atoms with Crippen LogP contribution in [0.3, 0.4) is 0 Å². The molecule has 1 aliphatic rings. The first-order chi connectivity index (χ1) is 17.2. The summed E-state index contributed by atoms with van der Waals surface area (Å²) in [7, 11) is 0. The van der Waals surface area contributed by atoms with Crippen molar-refractivity contribution in [2.24, 2.45) is 0 Å². The number of fused-ring (bicyclic) bond motifs is 3. The Bertz CT molecular complexity index is 1520. The molecule has 35 heavy (non-hydrogen) atoms. The summed E-state index contributed by atoms with van der Waals surface area (Å²) in [6.45, 7) is 1.52. The van der Waals surface area contributed by atoms with Crippen molar-refractivity contribution in [3.05, 3.63) is 107 Å². The summed E-state index contributed by atoms with van der Waals surface area (Å²) in [5.74, 6) is 0.786. The van der Waals surface area contributed by atoms with E-state index in [9.17, 15) is 4.79 Å². The standard InChI is InChI=1S/C28H22N4O2S/c33-27(30-15-22-17-35-28(31-22)21-7-4-12-29-14-21)20-6-3-8-23(13-20)32-16-25-24-9-2-1-5-19(24)10-11-26(25)34-18-32/h1-14,17H,15-16,18H2,(H,30,33). The smallest absolute Gasteiger partial charge is 0.251 e. The third-order valence-electron chi connectivity index (χ3n) is 6.09.